The quantitative estimate of drug-likeness (QED) is 0.772. The highest BCUT2D eigenvalue weighted by Crippen LogP contribution is 2.27. The molecule has 0 bridgehead atoms. The van der Waals surface area contributed by atoms with Crippen molar-refractivity contribution in [1.82, 2.24) is 10.6 Å². The standard InChI is InChI=1S/C18H28N2O/c1-13(2)10-15-6-8-17(9-7-15)14(3)20-18(21)12-19-11-16-4-5-16/h6-9,13-14,16,19H,4-5,10-12H2,1-3H3,(H,20,21). The maximum absolute atomic E-state index is 11.9. The van der Waals surface area contributed by atoms with Gasteiger partial charge in [-0.25, -0.2) is 0 Å². The molecule has 3 heteroatoms. The normalized spacial score (nSPS) is 16.0. The van der Waals surface area contributed by atoms with Crippen LogP contribution in [0, 0.1) is 11.8 Å². The smallest absolute Gasteiger partial charge is 0.234 e. The third kappa shape index (κ3) is 5.88. The summed E-state index contributed by atoms with van der Waals surface area (Å²) >= 11 is 0. The second kappa shape index (κ2) is 7.60. The summed E-state index contributed by atoms with van der Waals surface area (Å²) in [7, 11) is 0. The van der Waals surface area contributed by atoms with Crippen LogP contribution >= 0.6 is 0 Å². The molecule has 1 aromatic rings. The minimum atomic E-state index is 0.0633. The summed E-state index contributed by atoms with van der Waals surface area (Å²) in [5.41, 5.74) is 2.52. The Bertz CT molecular complexity index is 449. The molecule has 3 nitrogen and oxygen atoms in total. The van der Waals surface area contributed by atoms with Crippen LogP contribution in [-0.2, 0) is 11.2 Å². The molecule has 21 heavy (non-hydrogen) atoms. The first-order valence-corrected chi connectivity index (χ1v) is 8.13. The van der Waals surface area contributed by atoms with Gasteiger partial charge in [0.25, 0.3) is 0 Å². The Morgan fingerprint density at radius 3 is 2.43 bits per heavy atom. The second-order valence-electron chi connectivity index (χ2n) is 6.70. The lowest BCUT2D eigenvalue weighted by Gasteiger charge is -2.15. The number of nitrogens with one attached hydrogen (secondary N) is 2. The van der Waals surface area contributed by atoms with Crippen LogP contribution in [0.1, 0.15) is 50.8 Å². The minimum absolute atomic E-state index is 0.0633. The molecule has 0 aromatic heterocycles. The summed E-state index contributed by atoms with van der Waals surface area (Å²) in [6.07, 6.45) is 3.73. The van der Waals surface area contributed by atoms with E-state index in [9.17, 15) is 4.79 Å². The molecule has 1 saturated carbocycles. The number of hydrogen-bond acceptors (Lipinski definition) is 2. The Morgan fingerprint density at radius 2 is 1.86 bits per heavy atom. The van der Waals surface area contributed by atoms with E-state index in [0.717, 1.165) is 24.4 Å². The van der Waals surface area contributed by atoms with E-state index >= 15 is 0 Å². The molecule has 2 rings (SSSR count). The molecule has 1 aliphatic carbocycles. The van der Waals surface area contributed by atoms with Gasteiger partial charge in [-0.05, 0) is 55.7 Å². The fourth-order valence-electron chi connectivity index (χ4n) is 2.50. The van der Waals surface area contributed by atoms with Crippen molar-refractivity contribution in [3.8, 4) is 0 Å². The highest BCUT2D eigenvalue weighted by Gasteiger charge is 2.20. The Labute approximate surface area is 128 Å². The zero-order valence-corrected chi connectivity index (χ0v) is 13.5. The van der Waals surface area contributed by atoms with E-state index < -0.39 is 0 Å². The lowest BCUT2D eigenvalue weighted by Crippen LogP contribution is -2.36. The molecule has 1 fully saturated rings. The van der Waals surface area contributed by atoms with Crippen molar-refractivity contribution in [2.75, 3.05) is 13.1 Å². The summed E-state index contributed by atoms with van der Waals surface area (Å²) in [5.74, 6) is 1.56. The molecule has 1 amide bonds. The first kappa shape index (κ1) is 16.0. The predicted molar refractivity (Wildman–Crippen MR) is 87.1 cm³/mol. The van der Waals surface area contributed by atoms with E-state index in [4.69, 9.17) is 0 Å². The van der Waals surface area contributed by atoms with Crippen LogP contribution < -0.4 is 10.6 Å². The van der Waals surface area contributed by atoms with Crippen molar-refractivity contribution in [3.63, 3.8) is 0 Å². The van der Waals surface area contributed by atoms with Gasteiger partial charge in [-0.1, -0.05) is 38.1 Å². The minimum Gasteiger partial charge on any atom is -0.348 e. The van der Waals surface area contributed by atoms with Crippen molar-refractivity contribution in [2.45, 2.75) is 46.1 Å². The molecule has 1 unspecified atom stereocenters. The van der Waals surface area contributed by atoms with E-state index in [1.807, 2.05) is 6.92 Å². The predicted octanol–water partition coefficient (Wildman–Crippen LogP) is 3.06. The summed E-state index contributed by atoms with van der Waals surface area (Å²) in [6, 6.07) is 8.65. The maximum atomic E-state index is 11.9. The molecule has 1 aliphatic rings. The average molecular weight is 288 g/mol. The largest absolute Gasteiger partial charge is 0.348 e. The van der Waals surface area contributed by atoms with E-state index in [0.29, 0.717) is 12.5 Å². The van der Waals surface area contributed by atoms with Gasteiger partial charge in [0, 0.05) is 0 Å². The highest BCUT2D eigenvalue weighted by molar-refractivity contribution is 5.78. The SMILES string of the molecule is CC(C)Cc1ccc(C(C)NC(=O)CNCC2CC2)cc1. The molecule has 0 heterocycles. The molecule has 0 aliphatic heterocycles. The number of rotatable bonds is 8. The van der Waals surface area contributed by atoms with Crippen LogP contribution in [-0.4, -0.2) is 19.0 Å². The van der Waals surface area contributed by atoms with E-state index in [1.165, 1.54) is 18.4 Å². The van der Waals surface area contributed by atoms with Gasteiger partial charge in [0.05, 0.1) is 12.6 Å². The number of carbonyl (C=O) groups is 1. The van der Waals surface area contributed by atoms with Crippen molar-refractivity contribution >= 4 is 5.91 Å². The third-order valence-electron chi connectivity index (χ3n) is 3.92. The highest BCUT2D eigenvalue weighted by atomic mass is 16.1. The van der Waals surface area contributed by atoms with Crippen molar-refractivity contribution < 1.29 is 4.79 Å². The van der Waals surface area contributed by atoms with Crippen LogP contribution in [0.25, 0.3) is 0 Å². The molecule has 0 spiro atoms. The van der Waals surface area contributed by atoms with E-state index in [2.05, 4.69) is 48.7 Å². The average Bonchev–Trinajstić information content (AvgIpc) is 3.23. The lowest BCUT2D eigenvalue weighted by molar-refractivity contribution is -0.120. The first-order valence-electron chi connectivity index (χ1n) is 8.13. The number of amides is 1. The molecule has 0 radical (unpaired) electrons. The zero-order chi connectivity index (χ0) is 15.2. The van der Waals surface area contributed by atoms with Crippen LogP contribution in [0.15, 0.2) is 24.3 Å². The summed E-state index contributed by atoms with van der Waals surface area (Å²) in [4.78, 5) is 11.9. The summed E-state index contributed by atoms with van der Waals surface area (Å²) in [5, 5.41) is 6.27. The first-order chi connectivity index (χ1) is 10.0. The van der Waals surface area contributed by atoms with Crippen LogP contribution in [0.2, 0.25) is 0 Å². The maximum Gasteiger partial charge on any atom is 0.234 e. The summed E-state index contributed by atoms with van der Waals surface area (Å²) in [6.45, 7) is 7.89. The van der Waals surface area contributed by atoms with E-state index in [-0.39, 0.29) is 11.9 Å². The molecule has 1 atom stereocenters. The van der Waals surface area contributed by atoms with Gasteiger partial charge in [0.1, 0.15) is 0 Å². The van der Waals surface area contributed by atoms with Crippen LogP contribution in [0.4, 0.5) is 0 Å². The van der Waals surface area contributed by atoms with Gasteiger partial charge < -0.3 is 10.6 Å². The monoisotopic (exact) mass is 288 g/mol. The van der Waals surface area contributed by atoms with Gasteiger partial charge >= 0.3 is 0 Å². The Balaban J connectivity index is 1.75. The molecule has 116 valence electrons. The van der Waals surface area contributed by atoms with Gasteiger partial charge in [-0.3, -0.25) is 4.79 Å². The Morgan fingerprint density at radius 1 is 1.19 bits per heavy atom. The molecule has 2 N–H and O–H groups in total. The zero-order valence-electron chi connectivity index (χ0n) is 13.5. The number of carbonyl (C=O) groups excluding carboxylic acids is 1. The fourth-order valence-corrected chi connectivity index (χ4v) is 2.50. The van der Waals surface area contributed by atoms with Crippen LogP contribution in [0.3, 0.4) is 0 Å². The van der Waals surface area contributed by atoms with Crippen LogP contribution in [0.5, 0.6) is 0 Å². The Hall–Kier alpha value is -1.35. The third-order valence-corrected chi connectivity index (χ3v) is 3.92. The van der Waals surface area contributed by atoms with Gasteiger partial charge in [-0.15, -0.1) is 0 Å². The fraction of sp³-hybridized carbons (Fsp3) is 0.611. The molecule has 1 aromatic carbocycles. The van der Waals surface area contributed by atoms with E-state index in [1.54, 1.807) is 0 Å². The second-order valence-corrected chi connectivity index (χ2v) is 6.70. The van der Waals surface area contributed by atoms with Gasteiger partial charge in [0.2, 0.25) is 5.91 Å². The van der Waals surface area contributed by atoms with Crippen molar-refractivity contribution in [2.24, 2.45) is 11.8 Å². The van der Waals surface area contributed by atoms with Gasteiger partial charge in [0.15, 0.2) is 0 Å². The molecule has 0 saturated heterocycles. The lowest BCUT2D eigenvalue weighted by atomic mass is 10.00. The molecular weight excluding hydrogens is 260 g/mol. The Kier molecular flexibility index (Phi) is 5.80. The topological polar surface area (TPSA) is 41.1 Å². The molecular formula is C18H28N2O. The van der Waals surface area contributed by atoms with Gasteiger partial charge in [-0.2, -0.15) is 0 Å². The number of hydrogen-bond donors (Lipinski definition) is 2. The van der Waals surface area contributed by atoms with Crippen molar-refractivity contribution in [3.05, 3.63) is 35.4 Å². The van der Waals surface area contributed by atoms with Crippen molar-refractivity contribution in [1.29, 1.82) is 0 Å². The number of benzene rings is 1. The summed E-state index contributed by atoms with van der Waals surface area (Å²) < 4.78 is 0.